The van der Waals surface area contributed by atoms with Crippen LogP contribution < -0.4 is 5.56 Å². The molecule has 1 aromatic carbocycles. The van der Waals surface area contributed by atoms with Crippen LogP contribution in [0, 0.1) is 3.57 Å². The summed E-state index contributed by atoms with van der Waals surface area (Å²) >= 11 is 2.03. The largest absolute Gasteiger partial charge is 0.306 e. The maximum Gasteiger partial charge on any atom is 0.265 e. The third kappa shape index (κ3) is 2.49. The number of aromatic nitrogens is 3. The van der Waals surface area contributed by atoms with E-state index in [1.54, 1.807) is 12.4 Å². The van der Waals surface area contributed by atoms with Crippen LogP contribution in [-0.4, -0.2) is 15.0 Å². The minimum Gasteiger partial charge on any atom is -0.306 e. The number of H-pyrrole nitrogens is 1. The van der Waals surface area contributed by atoms with Crippen LogP contribution >= 0.6 is 22.6 Å². The van der Waals surface area contributed by atoms with E-state index in [1.807, 2.05) is 65.1 Å². The van der Waals surface area contributed by atoms with Crippen LogP contribution in [0.2, 0.25) is 0 Å². The molecule has 2 heterocycles. The second-order valence-electron chi connectivity index (χ2n) is 4.18. The summed E-state index contributed by atoms with van der Waals surface area (Å²) in [6.45, 7) is 0. The second-order valence-corrected chi connectivity index (χ2v) is 5.26. The van der Waals surface area contributed by atoms with Gasteiger partial charge in [0.25, 0.3) is 5.56 Å². The van der Waals surface area contributed by atoms with Crippen molar-refractivity contribution in [2.45, 2.75) is 0 Å². The molecule has 0 aliphatic heterocycles. The number of hydrogen-bond acceptors (Lipinski definition) is 3. The van der Waals surface area contributed by atoms with E-state index in [-0.39, 0.29) is 5.56 Å². The first-order valence-electron chi connectivity index (χ1n) is 6.01. The summed E-state index contributed by atoms with van der Waals surface area (Å²) in [4.78, 5) is 23.4. The van der Waals surface area contributed by atoms with Crippen molar-refractivity contribution in [3.05, 3.63) is 68.8 Å². The third-order valence-electron chi connectivity index (χ3n) is 2.86. The zero-order valence-corrected chi connectivity index (χ0v) is 12.5. The van der Waals surface area contributed by atoms with Gasteiger partial charge in [0.15, 0.2) is 0 Å². The molecule has 0 atom stereocenters. The molecule has 4 nitrogen and oxygen atoms in total. The normalized spacial score (nSPS) is 10.4. The van der Waals surface area contributed by atoms with Gasteiger partial charge in [0.1, 0.15) is 9.39 Å². The Morgan fingerprint density at radius 2 is 1.65 bits per heavy atom. The molecule has 0 bridgehead atoms. The lowest BCUT2D eigenvalue weighted by Gasteiger charge is -2.06. The molecule has 0 aliphatic carbocycles. The monoisotopic (exact) mass is 375 g/mol. The topological polar surface area (TPSA) is 58.6 Å². The Balaban J connectivity index is 2.22. The molecule has 0 unspecified atom stereocenters. The Morgan fingerprint density at radius 1 is 0.950 bits per heavy atom. The SMILES string of the molecule is O=c1[nH]c(-c2ccncc2)nc(-c2ccccc2)c1I. The van der Waals surface area contributed by atoms with E-state index in [0.29, 0.717) is 15.1 Å². The van der Waals surface area contributed by atoms with E-state index >= 15 is 0 Å². The lowest BCUT2D eigenvalue weighted by Crippen LogP contribution is -2.14. The highest BCUT2D eigenvalue weighted by molar-refractivity contribution is 14.1. The lowest BCUT2D eigenvalue weighted by atomic mass is 10.1. The minimum absolute atomic E-state index is 0.133. The molecule has 0 saturated heterocycles. The molecule has 20 heavy (non-hydrogen) atoms. The molecule has 0 saturated carbocycles. The number of pyridine rings is 1. The predicted molar refractivity (Wildman–Crippen MR) is 86.2 cm³/mol. The fourth-order valence-corrected chi connectivity index (χ4v) is 2.46. The van der Waals surface area contributed by atoms with Crippen molar-refractivity contribution < 1.29 is 0 Å². The van der Waals surface area contributed by atoms with E-state index in [0.717, 1.165) is 11.1 Å². The van der Waals surface area contributed by atoms with Crippen molar-refractivity contribution in [1.82, 2.24) is 15.0 Å². The van der Waals surface area contributed by atoms with Crippen LogP contribution in [0.15, 0.2) is 59.7 Å². The molecule has 0 fully saturated rings. The standard InChI is InChI=1S/C15H10IN3O/c16-12-13(10-4-2-1-3-5-10)18-14(19-15(12)20)11-6-8-17-9-7-11/h1-9H,(H,18,19,20). The summed E-state index contributed by atoms with van der Waals surface area (Å²) < 4.78 is 0.589. The van der Waals surface area contributed by atoms with Crippen LogP contribution in [0.3, 0.4) is 0 Å². The van der Waals surface area contributed by atoms with Gasteiger partial charge in [-0.1, -0.05) is 30.3 Å². The summed E-state index contributed by atoms with van der Waals surface area (Å²) in [5.74, 6) is 0.552. The molecule has 0 spiro atoms. The molecule has 0 aliphatic rings. The maximum atomic E-state index is 12.1. The summed E-state index contributed by atoms with van der Waals surface area (Å²) in [6.07, 6.45) is 3.35. The van der Waals surface area contributed by atoms with Gasteiger partial charge in [-0.25, -0.2) is 4.98 Å². The van der Waals surface area contributed by atoms with Crippen molar-refractivity contribution >= 4 is 22.6 Å². The molecule has 98 valence electrons. The highest BCUT2D eigenvalue weighted by Gasteiger charge is 2.11. The van der Waals surface area contributed by atoms with Gasteiger partial charge in [-0.15, -0.1) is 0 Å². The molecule has 2 aromatic heterocycles. The second kappa shape index (κ2) is 5.54. The first kappa shape index (κ1) is 13.0. The smallest absolute Gasteiger partial charge is 0.265 e. The van der Waals surface area contributed by atoms with Crippen LogP contribution in [0.25, 0.3) is 22.6 Å². The van der Waals surface area contributed by atoms with Crippen molar-refractivity contribution in [1.29, 1.82) is 0 Å². The Kier molecular flexibility index (Phi) is 3.60. The summed E-state index contributed by atoms with van der Waals surface area (Å²) in [7, 11) is 0. The predicted octanol–water partition coefficient (Wildman–Crippen LogP) is 3.10. The molecule has 0 amide bonds. The van der Waals surface area contributed by atoms with Gasteiger partial charge in [-0.2, -0.15) is 0 Å². The fraction of sp³-hybridized carbons (Fsp3) is 0. The summed E-state index contributed by atoms with van der Waals surface area (Å²) in [6, 6.07) is 13.3. The van der Waals surface area contributed by atoms with Crippen molar-refractivity contribution in [2.24, 2.45) is 0 Å². The fourth-order valence-electron chi connectivity index (χ4n) is 1.89. The van der Waals surface area contributed by atoms with Gasteiger partial charge >= 0.3 is 0 Å². The van der Waals surface area contributed by atoms with E-state index in [9.17, 15) is 4.79 Å². The first-order valence-corrected chi connectivity index (χ1v) is 7.09. The number of hydrogen-bond donors (Lipinski definition) is 1. The van der Waals surface area contributed by atoms with Crippen LogP contribution in [0.1, 0.15) is 0 Å². The summed E-state index contributed by atoms with van der Waals surface area (Å²) in [5, 5.41) is 0. The Labute approximate surface area is 129 Å². The van der Waals surface area contributed by atoms with Gasteiger partial charge in [-0.3, -0.25) is 9.78 Å². The summed E-state index contributed by atoms with van der Waals surface area (Å²) in [5.41, 5.74) is 2.33. The van der Waals surface area contributed by atoms with Gasteiger partial charge in [0.05, 0.1) is 5.69 Å². The third-order valence-corrected chi connectivity index (χ3v) is 3.86. The number of nitrogens with one attached hydrogen (secondary N) is 1. The van der Waals surface area contributed by atoms with Crippen molar-refractivity contribution in [2.75, 3.05) is 0 Å². The van der Waals surface area contributed by atoms with E-state index in [4.69, 9.17) is 0 Å². The highest BCUT2D eigenvalue weighted by Crippen LogP contribution is 2.22. The number of nitrogens with zero attached hydrogens (tertiary/aromatic N) is 2. The van der Waals surface area contributed by atoms with Crippen molar-refractivity contribution in [3.8, 4) is 22.6 Å². The van der Waals surface area contributed by atoms with Crippen LogP contribution in [0.5, 0.6) is 0 Å². The average molecular weight is 375 g/mol. The van der Waals surface area contributed by atoms with Crippen LogP contribution in [-0.2, 0) is 0 Å². The molecule has 5 heteroatoms. The number of halogens is 1. The molecule has 3 rings (SSSR count). The maximum absolute atomic E-state index is 12.1. The number of benzene rings is 1. The highest BCUT2D eigenvalue weighted by atomic mass is 127. The van der Waals surface area contributed by atoms with E-state index < -0.39 is 0 Å². The van der Waals surface area contributed by atoms with Gasteiger partial charge < -0.3 is 4.98 Å². The first-order chi connectivity index (χ1) is 9.75. The molecular weight excluding hydrogens is 365 g/mol. The zero-order valence-electron chi connectivity index (χ0n) is 10.4. The van der Waals surface area contributed by atoms with Gasteiger partial charge in [-0.05, 0) is 34.7 Å². The molecule has 1 N–H and O–H groups in total. The van der Waals surface area contributed by atoms with Gasteiger partial charge in [0, 0.05) is 23.5 Å². The van der Waals surface area contributed by atoms with E-state index in [2.05, 4.69) is 15.0 Å². The minimum atomic E-state index is -0.133. The number of rotatable bonds is 2. The number of aromatic amines is 1. The van der Waals surface area contributed by atoms with E-state index in [1.165, 1.54) is 0 Å². The van der Waals surface area contributed by atoms with Gasteiger partial charge in [0.2, 0.25) is 0 Å². The quantitative estimate of drug-likeness (QED) is 0.701. The van der Waals surface area contributed by atoms with Crippen molar-refractivity contribution in [3.63, 3.8) is 0 Å². The Morgan fingerprint density at radius 3 is 2.35 bits per heavy atom. The van der Waals surface area contributed by atoms with Crippen LogP contribution in [0.4, 0.5) is 0 Å². The molecule has 3 aromatic rings. The Hall–Kier alpha value is -2.02. The molecular formula is C15H10IN3O. The zero-order chi connectivity index (χ0) is 13.9. The Bertz CT molecular complexity index is 785. The molecule has 0 radical (unpaired) electrons. The average Bonchev–Trinajstić information content (AvgIpc) is 2.51. The lowest BCUT2D eigenvalue weighted by molar-refractivity contribution is 1.11.